The Balaban J connectivity index is 1.63. The van der Waals surface area contributed by atoms with Crippen molar-refractivity contribution in [1.82, 2.24) is 4.90 Å². The van der Waals surface area contributed by atoms with Crippen molar-refractivity contribution in [2.24, 2.45) is 5.92 Å². The minimum Gasteiger partial charge on any atom is -0.465 e. The third-order valence-corrected chi connectivity index (χ3v) is 4.85. The first-order valence-electron chi connectivity index (χ1n) is 8.83. The molecule has 0 radical (unpaired) electrons. The van der Waals surface area contributed by atoms with E-state index < -0.39 is 11.9 Å². The van der Waals surface area contributed by atoms with E-state index in [-0.39, 0.29) is 24.3 Å². The normalized spacial score (nSPS) is 17.5. The highest BCUT2D eigenvalue weighted by Gasteiger charge is 2.37. The Bertz CT molecular complexity index is 833. The van der Waals surface area contributed by atoms with Crippen LogP contribution in [0, 0.1) is 5.92 Å². The van der Waals surface area contributed by atoms with E-state index in [1.165, 1.54) is 7.11 Å². The molecule has 3 rings (SSSR count). The first-order chi connectivity index (χ1) is 13.0. The van der Waals surface area contributed by atoms with Gasteiger partial charge in [0.1, 0.15) is 0 Å². The number of hydrogen-bond donors (Lipinski definition) is 1. The Kier molecular flexibility index (Phi) is 5.54. The van der Waals surface area contributed by atoms with Gasteiger partial charge in [0.15, 0.2) is 0 Å². The number of amides is 2. The molecule has 2 atom stereocenters. The van der Waals surface area contributed by atoms with Crippen molar-refractivity contribution < 1.29 is 19.1 Å². The van der Waals surface area contributed by atoms with Gasteiger partial charge in [-0.15, -0.1) is 0 Å². The lowest BCUT2D eigenvalue weighted by Gasteiger charge is -2.25. The van der Waals surface area contributed by atoms with Crippen LogP contribution in [-0.4, -0.2) is 36.3 Å². The second-order valence-corrected chi connectivity index (χ2v) is 6.59. The first kappa shape index (κ1) is 18.6. The molecular formula is C21H22N2O4. The summed E-state index contributed by atoms with van der Waals surface area (Å²) in [5, 5.41) is 2.82. The van der Waals surface area contributed by atoms with Crippen LogP contribution in [0.5, 0.6) is 0 Å². The zero-order valence-electron chi connectivity index (χ0n) is 15.3. The van der Waals surface area contributed by atoms with E-state index >= 15 is 0 Å². The predicted octanol–water partition coefficient (Wildman–Crippen LogP) is 3.02. The number of nitrogens with one attached hydrogen (secondary N) is 1. The number of likely N-dealkylation sites (tertiary alicyclic amines) is 1. The maximum atomic E-state index is 12.6. The molecule has 0 aliphatic carbocycles. The smallest absolute Gasteiger partial charge is 0.337 e. The third kappa shape index (κ3) is 4.16. The summed E-state index contributed by atoms with van der Waals surface area (Å²) in [5.41, 5.74) is 2.04. The lowest BCUT2D eigenvalue weighted by molar-refractivity contribution is -0.129. The summed E-state index contributed by atoms with van der Waals surface area (Å²) in [5.74, 6) is -1.05. The Labute approximate surface area is 158 Å². The van der Waals surface area contributed by atoms with Gasteiger partial charge >= 0.3 is 5.97 Å². The quantitative estimate of drug-likeness (QED) is 0.826. The molecule has 2 aromatic rings. The number of carbonyl (C=O) groups excluding carboxylic acids is 3. The van der Waals surface area contributed by atoms with Gasteiger partial charge in [0.2, 0.25) is 11.8 Å². The molecule has 0 bridgehead atoms. The van der Waals surface area contributed by atoms with Crippen LogP contribution in [0.4, 0.5) is 5.69 Å². The Morgan fingerprint density at radius 3 is 2.41 bits per heavy atom. The largest absolute Gasteiger partial charge is 0.465 e. The summed E-state index contributed by atoms with van der Waals surface area (Å²) in [7, 11) is 1.32. The van der Waals surface area contributed by atoms with Gasteiger partial charge in [-0.2, -0.15) is 0 Å². The van der Waals surface area contributed by atoms with Crippen molar-refractivity contribution in [3.05, 3.63) is 65.7 Å². The maximum Gasteiger partial charge on any atom is 0.337 e. The van der Waals surface area contributed by atoms with Gasteiger partial charge in [-0.25, -0.2) is 4.79 Å². The molecule has 1 aliphatic rings. The second kappa shape index (κ2) is 8.03. The lowest BCUT2D eigenvalue weighted by atomic mass is 10.1. The van der Waals surface area contributed by atoms with Gasteiger partial charge in [-0.1, -0.05) is 30.3 Å². The van der Waals surface area contributed by atoms with E-state index in [0.717, 1.165) is 5.56 Å². The molecule has 2 aromatic carbocycles. The van der Waals surface area contributed by atoms with Gasteiger partial charge < -0.3 is 15.0 Å². The summed E-state index contributed by atoms with van der Waals surface area (Å²) in [4.78, 5) is 38.2. The molecule has 6 nitrogen and oxygen atoms in total. The van der Waals surface area contributed by atoms with Crippen molar-refractivity contribution in [3.63, 3.8) is 0 Å². The van der Waals surface area contributed by atoms with Crippen molar-refractivity contribution in [2.45, 2.75) is 19.4 Å². The van der Waals surface area contributed by atoms with E-state index in [1.807, 2.05) is 37.3 Å². The maximum absolute atomic E-state index is 12.6. The monoisotopic (exact) mass is 366 g/mol. The standard InChI is InChI=1S/C21H22N2O4/c1-14(15-6-4-3-5-7-15)23-13-17(12-19(23)24)20(25)22-18-10-8-16(9-11-18)21(26)27-2/h3-11,14,17H,12-13H2,1-2H3,(H,22,25)/t14-,17-/m0/s1. The molecule has 0 saturated carbocycles. The van der Waals surface area contributed by atoms with Gasteiger partial charge in [-0.05, 0) is 36.8 Å². The number of hydrogen-bond acceptors (Lipinski definition) is 4. The molecule has 140 valence electrons. The fourth-order valence-corrected chi connectivity index (χ4v) is 3.24. The summed E-state index contributed by atoms with van der Waals surface area (Å²) >= 11 is 0. The molecule has 0 unspecified atom stereocenters. The second-order valence-electron chi connectivity index (χ2n) is 6.59. The number of esters is 1. The Morgan fingerprint density at radius 1 is 1.11 bits per heavy atom. The van der Waals surface area contributed by atoms with Crippen LogP contribution < -0.4 is 5.32 Å². The van der Waals surface area contributed by atoms with Crippen LogP contribution in [0.25, 0.3) is 0 Å². The average molecular weight is 366 g/mol. The van der Waals surface area contributed by atoms with Crippen LogP contribution in [0.3, 0.4) is 0 Å². The van der Waals surface area contributed by atoms with Crippen LogP contribution in [0.2, 0.25) is 0 Å². The van der Waals surface area contributed by atoms with Crippen LogP contribution >= 0.6 is 0 Å². The van der Waals surface area contributed by atoms with E-state index in [4.69, 9.17) is 0 Å². The fourth-order valence-electron chi connectivity index (χ4n) is 3.24. The molecule has 2 amide bonds. The number of nitrogens with zero attached hydrogens (tertiary/aromatic N) is 1. The van der Waals surface area contributed by atoms with E-state index in [9.17, 15) is 14.4 Å². The Morgan fingerprint density at radius 2 is 1.78 bits per heavy atom. The molecule has 6 heteroatoms. The molecule has 0 spiro atoms. The lowest BCUT2D eigenvalue weighted by Crippen LogP contribution is -2.30. The van der Waals surface area contributed by atoms with Crippen molar-refractivity contribution >= 4 is 23.5 Å². The summed E-state index contributed by atoms with van der Waals surface area (Å²) in [6.07, 6.45) is 0.198. The summed E-state index contributed by atoms with van der Waals surface area (Å²) in [6, 6.07) is 16.2. The van der Waals surface area contributed by atoms with Crippen LogP contribution in [0.1, 0.15) is 35.3 Å². The molecule has 1 N–H and O–H groups in total. The molecular weight excluding hydrogens is 344 g/mol. The van der Waals surface area contributed by atoms with Crippen molar-refractivity contribution in [1.29, 1.82) is 0 Å². The number of anilines is 1. The van der Waals surface area contributed by atoms with Crippen LogP contribution in [0.15, 0.2) is 54.6 Å². The third-order valence-electron chi connectivity index (χ3n) is 4.85. The molecule has 0 aromatic heterocycles. The highest BCUT2D eigenvalue weighted by Crippen LogP contribution is 2.29. The van der Waals surface area contributed by atoms with Crippen molar-refractivity contribution in [3.8, 4) is 0 Å². The van der Waals surface area contributed by atoms with E-state index in [0.29, 0.717) is 17.8 Å². The van der Waals surface area contributed by atoms with Gasteiger partial charge in [0.05, 0.1) is 24.6 Å². The number of methoxy groups -OCH3 is 1. The highest BCUT2D eigenvalue weighted by molar-refractivity contribution is 5.97. The number of benzene rings is 2. The van der Waals surface area contributed by atoms with E-state index in [1.54, 1.807) is 29.2 Å². The minimum atomic E-state index is -0.431. The predicted molar refractivity (Wildman–Crippen MR) is 101 cm³/mol. The molecule has 1 saturated heterocycles. The SMILES string of the molecule is COC(=O)c1ccc(NC(=O)[C@H]2CC(=O)N([C@@H](C)c3ccccc3)C2)cc1. The van der Waals surface area contributed by atoms with Gasteiger partial charge in [0.25, 0.3) is 0 Å². The minimum absolute atomic E-state index is 0.0208. The number of ether oxygens (including phenoxy) is 1. The van der Waals surface area contributed by atoms with Crippen molar-refractivity contribution in [2.75, 3.05) is 19.0 Å². The van der Waals surface area contributed by atoms with E-state index in [2.05, 4.69) is 10.1 Å². The van der Waals surface area contributed by atoms with Gasteiger partial charge in [0, 0.05) is 18.7 Å². The zero-order valence-corrected chi connectivity index (χ0v) is 15.3. The summed E-state index contributed by atoms with van der Waals surface area (Å²) < 4.78 is 4.65. The average Bonchev–Trinajstić information content (AvgIpc) is 3.10. The summed E-state index contributed by atoms with van der Waals surface area (Å²) in [6.45, 7) is 2.36. The topological polar surface area (TPSA) is 75.7 Å². The molecule has 27 heavy (non-hydrogen) atoms. The highest BCUT2D eigenvalue weighted by atomic mass is 16.5. The number of carbonyl (C=O) groups is 3. The number of rotatable bonds is 5. The van der Waals surface area contributed by atoms with Crippen LogP contribution in [-0.2, 0) is 14.3 Å². The molecule has 1 heterocycles. The first-order valence-corrected chi connectivity index (χ1v) is 8.83. The molecule has 1 aliphatic heterocycles. The van der Waals surface area contributed by atoms with Gasteiger partial charge in [-0.3, -0.25) is 9.59 Å². The Hall–Kier alpha value is -3.15. The zero-order chi connectivity index (χ0) is 19.4. The molecule has 1 fully saturated rings. The fraction of sp³-hybridized carbons (Fsp3) is 0.286.